The van der Waals surface area contributed by atoms with Gasteiger partial charge in [0.2, 0.25) is 5.76 Å². The van der Waals surface area contributed by atoms with E-state index in [1.807, 2.05) is 69.3 Å². The predicted octanol–water partition coefficient (Wildman–Crippen LogP) is 4.33. The predicted molar refractivity (Wildman–Crippen MR) is 110 cm³/mol. The van der Waals surface area contributed by atoms with Gasteiger partial charge < -0.3 is 19.2 Å². The fourth-order valence-electron chi connectivity index (χ4n) is 2.74. The van der Waals surface area contributed by atoms with Crippen molar-refractivity contribution in [3.05, 3.63) is 65.9 Å². The molecular weight excluding hydrogens is 370 g/mol. The lowest BCUT2D eigenvalue weighted by Crippen LogP contribution is -2.38. The van der Waals surface area contributed by atoms with Crippen LogP contribution in [0.25, 0.3) is 11.0 Å². The van der Waals surface area contributed by atoms with Gasteiger partial charge in [-0.2, -0.15) is 0 Å². The van der Waals surface area contributed by atoms with Crippen LogP contribution in [-0.2, 0) is 16.1 Å². The van der Waals surface area contributed by atoms with E-state index < -0.39 is 5.97 Å². The van der Waals surface area contributed by atoms with E-state index in [9.17, 15) is 9.59 Å². The molecule has 0 saturated carbocycles. The number of carbonyl (C=O) groups is 2. The van der Waals surface area contributed by atoms with Gasteiger partial charge in [0.05, 0.1) is 5.56 Å². The Morgan fingerprint density at radius 3 is 2.41 bits per heavy atom. The number of para-hydroxylation sites is 2. The van der Waals surface area contributed by atoms with Gasteiger partial charge >= 0.3 is 5.97 Å². The normalized spacial score (nSPS) is 12.0. The van der Waals surface area contributed by atoms with Crippen molar-refractivity contribution in [2.45, 2.75) is 33.4 Å². The number of hydrogen-bond acceptors (Lipinski definition) is 5. The Hall–Kier alpha value is -3.28. The summed E-state index contributed by atoms with van der Waals surface area (Å²) in [4.78, 5) is 24.6. The molecule has 0 aliphatic carbocycles. The molecule has 29 heavy (non-hydrogen) atoms. The molecule has 1 atom stereocenters. The van der Waals surface area contributed by atoms with E-state index in [-0.39, 0.29) is 36.8 Å². The lowest BCUT2D eigenvalue weighted by Gasteiger charge is -2.17. The number of ether oxygens (including phenoxy) is 2. The number of carbonyl (C=O) groups excluding carboxylic acids is 2. The van der Waals surface area contributed by atoms with Crippen molar-refractivity contribution in [2.75, 3.05) is 6.61 Å². The van der Waals surface area contributed by atoms with Crippen molar-refractivity contribution in [3.63, 3.8) is 0 Å². The van der Waals surface area contributed by atoms with Crippen LogP contribution in [0.1, 0.15) is 36.9 Å². The topological polar surface area (TPSA) is 77.8 Å². The van der Waals surface area contributed by atoms with Gasteiger partial charge in [-0.25, -0.2) is 4.79 Å². The summed E-state index contributed by atoms with van der Waals surface area (Å²) in [6.07, 6.45) is 0. The number of fused-ring (bicyclic) bond motifs is 1. The van der Waals surface area contributed by atoms with Gasteiger partial charge in [-0.15, -0.1) is 0 Å². The minimum absolute atomic E-state index is 0.0118. The Bertz CT molecular complexity index is 977. The summed E-state index contributed by atoms with van der Waals surface area (Å²) >= 11 is 0. The minimum Gasteiger partial charge on any atom is -0.489 e. The van der Waals surface area contributed by atoms with Crippen molar-refractivity contribution in [2.24, 2.45) is 5.92 Å². The first-order valence-corrected chi connectivity index (χ1v) is 9.60. The smallest absolute Gasteiger partial charge is 0.375 e. The molecule has 1 N–H and O–H groups in total. The highest BCUT2D eigenvalue weighted by Gasteiger charge is 2.23. The van der Waals surface area contributed by atoms with Crippen LogP contribution in [0.5, 0.6) is 5.75 Å². The Balaban J connectivity index is 1.73. The second-order valence-corrected chi connectivity index (χ2v) is 7.18. The van der Waals surface area contributed by atoms with Gasteiger partial charge in [0.25, 0.3) is 5.91 Å². The van der Waals surface area contributed by atoms with Gasteiger partial charge in [-0.1, -0.05) is 50.2 Å². The highest BCUT2D eigenvalue weighted by molar-refractivity contribution is 5.96. The Kier molecular flexibility index (Phi) is 6.54. The number of hydrogen-bond donors (Lipinski definition) is 1. The van der Waals surface area contributed by atoms with Crippen LogP contribution in [0.4, 0.5) is 0 Å². The van der Waals surface area contributed by atoms with E-state index in [0.717, 1.165) is 5.39 Å². The molecule has 2 aromatic carbocycles. The van der Waals surface area contributed by atoms with Crippen LogP contribution in [0.2, 0.25) is 0 Å². The first-order chi connectivity index (χ1) is 14.0. The summed E-state index contributed by atoms with van der Waals surface area (Å²) in [7, 11) is 0. The second-order valence-electron chi connectivity index (χ2n) is 7.18. The molecule has 0 unspecified atom stereocenters. The molecular formula is C23H25NO5. The summed E-state index contributed by atoms with van der Waals surface area (Å²) in [6.45, 7) is 5.69. The molecule has 0 bridgehead atoms. The number of benzene rings is 2. The number of amides is 1. The molecule has 3 rings (SSSR count). The number of esters is 1. The van der Waals surface area contributed by atoms with Gasteiger partial charge in [-0.05, 0) is 31.0 Å². The summed E-state index contributed by atoms with van der Waals surface area (Å²) in [6, 6.07) is 16.6. The van der Waals surface area contributed by atoms with Crippen molar-refractivity contribution < 1.29 is 23.5 Å². The molecule has 1 aromatic heterocycles. The summed E-state index contributed by atoms with van der Waals surface area (Å²) in [5.41, 5.74) is 1.15. The lowest BCUT2D eigenvalue weighted by atomic mass is 10.1. The largest absolute Gasteiger partial charge is 0.489 e. The SMILES string of the molecule is CC(C)[C@H](C)NC(=O)COC(=O)c1oc2ccccc2c1COc1ccccc1. The molecule has 0 spiro atoms. The van der Waals surface area contributed by atoms with E-state index in [4.69, 9.17) is 13.9 Å². The Morgan fingerprint density at radius 1 is 1.00 bits per heavy atom. The van der Waals surface area contributed by atoms with Crippen LogP contribution in [0.15, 0.2) is 59.0 Å². The number of nitrogens with one attached hydrogen (secondary N) is 1. The number of furan rings is 1. The average Bonchev–Trinajstić information content (AvgIpc) is 3.10. The van der Waals surface area contributed by atoms with E-state index in [1.165, 1.54) is 0 Å². The van der Waals surface area contributed by atoms with Gasteiger partial charge in [0, 0.05) is 11.4 Å². The maximum atomic E-state index is 12.6. The van der Waals surface area contributed by atoms with E-state index in [2.05, 4.69) is 5.32 Å². The minimum atomic E-state index is -0.694. The molecule has 0 fully saturated rings. The highest BCUT2D eigenvalue weighted by Crippen LogP contribution is 2.28. The van der Waals surface area contributed by atoms with Crippen molar-refractivity contribution in [3.8, 4) is 5.75 Å². The molecule has 152 valence electrons. The monoisotopic (exact) mass is 395 g/mol. The van der Waals surface area contributed by atoms with Gasteiger partial charge in [0.1, 0.15) is 17.9 Å². The molecule has 6 heteroatoms. The van der Waals surface area contributed by atoms with E-state index in [1.54, 1.807) is 6.07 Å². The molecule has 6 nitrogen and oxygen atoms in total. The van der Waals surface area contributed by atoms with Crippen LogP contribution in [0, 0.1) is 5.92 Å². The average molecular weight is 395 g/mol. The van der Waals surface area contributed by atoms with Crippen molar-refractivity contribution in [1.82, 2.24) is 5.32 Å². The third kappa shape index (κ3) is 5.16. The summed E-state index contributed by atoms with van der Waals surface area (Å²) in [5.74, 6) is -0.0318. The third-order valence-corrected chi connectivity index (χ3v) is 4.73. The third-order valence-electron chi connectivity index (χ3n) is 4.73. The Labute approximate surface area is 169 Å². The van der Waals surface area contributed by atoms with Crippen molar-refractivity contribution in [1.29, 1.82) is 0 Å². The molecule has 1 amide bonds. The first-order valence-electron chi connectivity index (χ1n) is 9.60. The molecule has 0 aliphatic heterocycles. The standard InChI is InChI=1S/C23H25NO5/c1-15(2)16(3)24-21(25)14-28-23(26)22-19(13-27-17-9-5-4-6-10-17)18-11-7-8-12-20(18)29-22/h4-12,15-16H,13-14H2,1-3H3,(H,24,25)/t16-/m0/s1. The zero-order chi connectivity index (χ0) is 20.8. The van der Waals surface area contributed by atoms with Gasteiger partial charge in [-0.3, -0.25) is 4.79 Å². The fraction of sp³-hybridized carbons (Fsp3) is 0.304. The molecule has 3 aromatic rings. The molecule has 0 saturated heterocycles. The zero-order valence-corrected chi connectivity index (χ0v) is 16.8. The lowest BCUT2D eigenvalue weighted by molar-refractivity contribution is -0.125. The van der Waals surface area contributed by atoms with Crippen LogP contribution >= 0.6 is 0 Å². The highest BCUT2D eigenvalue weighted by atomic mass is 16.5. The molecule has 0 radical (unpaired) electrons. The zero-order valence-electron chi connectivity index (χ0n) is 16.8. The second kappa shape index (κ2) is 9.28. The fourth-order valence-corrected chi connectivity index (χ4v) is 2.74. The van der Waals surface area contributed by atoms with Crippen LogP contribution in [0.3, 0.4) is 0 Å². The quantitative estimate of drug-likeness (QED) is 0.575. The molecule has 1 heterocycles. The Morgan fingerprint density at radius 2 is 1.69 bits per heavy atom. The maximum Gasteiger partial charge on any atom is 0.375 e. The van der Waals surface area contributed by atoms with Crippen molar-refractivity contribution >= 4 is 22.8 Å². The van der Waals surface area contributed by atoms with Gasteiger partial charge in [0.15, 0.2) is 6.61 Å². The van der Waals surface area contributed by atoms with E-state index in [0.29, 0.717) is 16.9 Å². The van der Waals surface area contributed by atoms with Crippen LogP contribution in [-0.4, -0.2) is 24.5 Å². The summed E-state index contributed by atoms with van der Waals surface area (Å²) < 4.78 is 16.7. The summed E-state index contributed by atoms with van der Waals surface area (Å²) in [5, 5.41) is 3.57. The first kappa shape index (κ1) is 20.5. The van der Waals surface area contributed by atoms with Crippen LogP contribution < -0.4 is 10.1 Å². The maximum absolute atomic E-state index is 12.6. The van der Waals surface area contributed by atoms with E-state index >= 15 is 0 Å². The molecule has 0 aliphatic rings. The number of rotatable bonds is 8.